The lowest BCUT2D eigenvalue weighted by molar-refractivity contribution is -0.0703. The lowest BCUT2D eigenvalue weighted by Gasteiger charge is -2.40. The van der Waals surface area contributed by atoms with E-state index in [2.05, 4.69) is 5.32 Å². The molecule has 0 spiro atoms. The predicted octanol–water partition coefficient (Wildman–Crippen LogP) is 1.94. The third-order valence-corrected chi connectivity index (χ3v) is 4.33. The minimum Gasteiger partial charge on any atom is -0.386 e. The first-order valence-electron chi connectivity index (χ1n) is 5.73. The molecule has 1 aliphatic carbocycles. The van der Waals surface area contributed by atoms with Gasteiger partial charge in [0, 0.05) is 25.1 Å². The van der Waals surface area contributed by atoms with Crippen molar-refractivity contribution in [3.05, 3.63) is 22.4 Å². The zero-order valence-electron chi connectivity index (χ0n) is 9.61. The number of nitrogens with one attached hydrogen (secondary N) is 1. The van der Waals surface area contributed by atoms with Crippen LogP contribution in [0.4, 0.5) is 0 Å². The molecule has 0 bridgehead atoms. The van der Waals surface area contributed by atoms with E-state index in [1.807, 2.05) is 17.5 Å². The molecule has 1 unspecified atom stereocenters. The van der Waals surface area contributed by atoms with Gasteiger partial charge in [-0.3, -0.25) is 0 Å². The van der Waals surface area contributed by atoms with Crippen LogP contribution < -0.4 is 5.32 Å². The molecular weight excluding hydrogens is 222 g/mol. The Bertz CT molecular complexity index is 303. The summed E-state index contributed by atoms with van der Waals surface area (Å²) in [7, 11) is 1.77. The van der Waals surface area contributed by atoms with Crippen LogP contribution in [0, 0.1) is 0 Å². The van der Waals surface area contributed by atoms with E-state index in [-0.39, 0.29) is 5.60 Å². The van der Waals surface area contributed by atoms with Gasteiger partial charge >= 0.3 is 0 Å². The van der Waals surface area contributed by atoms with E-state index in [1.54, 1.807) is 18.4 Å². The number of aliphatic hydroxyl groups is 1. The van der Waals surface area contributed by atoms with Crippen LogP contribution in [0.2, 0.25) is 0 Å². The smallest absolute Gasteiger partial charge is 0.101 e. The molecule has 0 amide bonds. The SMILES string of the molecule is COC1(CNCC(O)c2cccs2)CCC1. The van der Waals surface area contributed by atoms with Gasteiger partial charge in [0.05, 0.1) is 5.60 Å². The number of hydrogen-bond acceptors (Lipinski definition) is 4. The van der Waals surface area contributed by atoms with Crippen LogP contribution in [0.25, 0.3) is 0 Å². The Morgan fingerprint density at radius 2 is 2.44 bits per heavy atom. The maximum absolute atomic E-state index is 9.88. The first-order chi connectivity index (χ1) is 7.76. The molecule has 4 heteroatoms. The lowest BCUT2D eigenvalue weighted by atomic mass is 9.80. The molecule has 0 radical (unpaired) electrons. The van der Waals surface area contributed by atoms with E-state index < -0.39 is 6.10 Å². The van der Waals surface area contributed by atoms with Crippen LogP contribution in [0.5, 0.6) is 0 Å². The summed E-state index contributed by atoms with van der Waals surface area (Å²) in [6.45, 7) is 1.44. The maximum Gasteiger partial charge on any atom is 0.101 e. The fraction of sp³-hybridized carbons (Fsp3) is 0.667. The van der Waals surface area contributed by atoms with Crippen molar-refractivity contribution in [2.24, 2.45) is 0 Å². The largest absolute Gasteiger partial charge is 0.386 e. The van der Waals surface area contributed by atoms with Gasteiger partial charge in [-0.2, -0.15) is 0 Å². The van der Waals surface area contributed by atoms with Crippen molar-refractivity contribution >= 4 is 11.3 Å². The van der Waals surface area contributed by atoms with Gasteiger partial charge in [-0.05, 0) is 30.7 Å². The predicted molar refractivity (Wildman–Crippen MR) is 65.7 cm³/mol. The van der Waals surface area contributed by atoms with Gasteiger partial charge in [-0.25, -0.2) is 0 Å². The molecule has 1 atom stereocenters. The van der Waals surface area contributed by atoms with Crippen molar-refractivity contribution in [1.82, 2.24) is 5.32 Å². The first-order valence-corrected chi connectivity index (χ1v) is 6.61. The highest BCUT2D eigenvalue weighted by molar-refractivity contribution is 7.10. The number of methoxy groups -OCH3 is 1. The summed E-state index contributed by atoms with van der Waals surface area (Å²) in [5.74, 6) is 0. The summed E-state index contributed by atoms with van der Waals surface area (Å²) < 4.78 is 5.50. The topological polar surface area (TPSA) is 41.5 Å². The number of hydrogen-bond donors (Lipinski definition) is 2. The second-order valence-corrected chi connectivity index (χ2v) is 5.38. The third kappa shape index (κ3) is 2.63. The molecule has 1 aromatic rings. The van der Waals surface area contributed by atoms with Crippen molar-refractivity contribution in [3.63, 3.8) is 0 Å². The van der Waals surface area contributed by atoms with Gasteiger partial charge in [-0.15, -0.1) is 11.3 Å². The molecule has 16 heavy (non-hydrogen) atoms. The van der Waals surface area contributed by atoms with Gasteiger partial charge < -0.3 is 15.2 Å². The summed E-state index contributed by atoms with van der Waals surface area (Å²) in [6, 6.07) is 3.93. The van der Waals surface area contributed by atoms with Gasteiger partial charge in [0.1, 0.15) is 6.10 Å². The summed E-state index contributed by atoms with van der Waals surface area (Å²) >= 11 is 1.59. The number of rotatable bonds is 6. The normalized spacial score (nSPS) is 20.4. The molecule has 1 aliphatic rings. The Balaban J connectivity index is 1.72. The highest BCUT2D eigenvalue weighted by Gasteiger charge is 2.36. The van der Waals surface area contributed by atoms with Gasteiger partial charge in [-0.1, -0.05) is 6.07 Å². The Morgan fingerprint density at radius 3 is 2.94 bits per heavy atom. The fourth-order valence-corrected chi connectivity index (χ4v) is 2.75. The van der Waals surface area contributed by atoms with Crippen molar-refractivity contribution in [2.75, 3.05) is 20.2 Å². The zero-order chi connectivity index (χ0) is 11.4. The van der Waals surface area contributed by atoms with E-state index >= 15 is 0 Å². The van der Waals surface area contributed by atoms with Crippen molar-refractivity contribution in [3.8, 4) is 0 Å². The summed E-state index contributed by atoms with van der Waals surface area (Å²) in [6.07, 6.45) is 3.12. The van der Waals surface area contributed by atoms with E-state index in [9.17, 15) is 5.11 Å². The minimum atomic E-state index is -0.394. The molecule has 0 saturated heterocycles. The highest BCUT2D eigenvalue weighted by Crippen LogP contribution is 2.34. The summed E-state index contributed by atoms with van der Waals surface area (Å²) in [4.78, 5) is 1.02. The van der Waals surface area contributed by atoms with Crippen LogP contribution in [0.3, 0.4) is 0 Å². The molecule has 2 rings (SSSR count). The second kappa shape index (κ2) is 5.27. The average molecular weight is 241 g/mol. The molecule has 90 valence electrons. The Kier molecular flexibility index (Phi) is 3.97. The Hall–Kier alpha value is -0.420. The standard InChI is InChI=1S/C12H19NO2S/c1-15-12(5-3-6-12)9-13-8-10(14)11-4-2-7-16-11/h2,4,7,10,13-14H,3,5-6,8-9H2,1H3. The van der Waals surface area contributed by atoms with Crippen molar-refractivity contribution in [1.29, 1.82) is 0 Å². The highest BCUT2D eigenvalue weighted by atomic mass is 32.1. The molecule has 3 nitrogen and oxygen atoms in total. The third-order valence-electron chi connectivity index (χ3n) is 3.35. The number of ether oxygens (including phenoxy) is 1. The number of thiophene rings is 1. The van der Waals surface area contributed by atoms with E-state index in [4.69, 9.17) is 4.74 Å². The second-order valence-electron chi connectivity index (χ2n) is 4.40. The summed E-state index contributed by atoms with van der Waals surface area (Å²) in [5.41, 5.74) is 0.0369. The van der Waals surface area contributed by atoms with E-state index in [0.29, 0.717) is 6.54 Å². The lowest BCUT2D eigenvalue weighted by Crippen LogP contribution is -2.48. The fourth-order valence-electron chi connectivity index (χ4n) is 2.04. The van der Waals surface area contributed by atoms with Crippen LogP contribution >= 0.6 is 11.3 Å². The van der Waals surface area contributed by atoms with Crippen LogP contribution in [0.15, 0.2) is 17.5 Å². The molecule has 1 heterocycles. The Morgan fingerprint density at radius 1 is 1.62 bits per heavy atom. The van der Waals surface area contributed by atoms with Crippen molar-refractivity contribution in [2.45, 2.75) is 31.0 Å². The molecule has 0 aromatic carbocycles. The molecule has 1 saturated carbocycles. The molecule has 1 aromatic heterocycles. The van der Waals surface area contributed by atoms with Crippen LogP contribution in [-0.2, 0) is 4.74 Å². The van der Waals surface area contributed by atoms with Gasteiger partial charge in [0.2, 0.25) is 0 Å². The first kappa shape index (κ1) is 12.0. The van der Waals surface area contributed by atoms with E-state index in [0.717, 1.165) is 24.3 Å². The van der Waals surface area contributed by atoms with Crippen LogP contribution in [-0.4, -0.2) is 30.9 Å². The van der Waals surface area contributed by atoms with Gasteiger partial charge in [0.25, 0.3) is 0 Å². The average Bonchev–Trinajstić information content (AvgIpc) is 2.75. The van der Waals surface area contributed by atoms with Crippen molar-refractivity contribution < 1.29 is 9.84 Å². The maximum atomic E-state index is 9.88. The minimum absolute atomic E-state index is 0.0369. The molecular formula is C12H19NO2S. The van der Waals surface area contributed by atoms with Gasteiger partial charge in [0.15, 0.2) is 0 Å². The summed E-state index contributed by atoms with van der Waals surface area (Å²) in [5, 5.41) is 15.2. The Labute approximate surface area is 100 Å². The molecule has 0 aliphatic heterocycles. The van der Waals surface area contributed by atoms with Crippen LogP contribution in [0.1, 0.15) is 30.2 Å². The quantitative estimate of drug-likeness (QED) is 0.800. The monoisotopic (exact) mass is 241 g/mol. The van der Waals surface area contributed by atoms with E-state index in [1.165, 1.54) is 6.42 Å². The molecule has 2 N–H and O–H groups in total. The number of aliphatic hydroxyl groups excluding tert-OH is 1. The zero-order valence-corrected chi connectivity index (χ0v) is 10.4. The molecule has 1 fully saturated rings.